The first-order chi connectivity index (χ1) is 8.70. The highest BCUT2D eigenvalue weighted by atomic mass is 32.1. The van der Waals surface area contributed by atoms with E-state index >= 15 is 0 Å². The number of hydrogen-bond acceptors (Lipinski definition) is 4. The number of nitrogens with zero attached hydrogens (tertiary/aromatic N) is 2. The molecule has 0 radical (unpaired) electrons. The molecule has 0 amide bonds. The van der Waals surface area contributed by atoms with Gasteiger partial charge in [-0.15, -0.1) is 11.3 Å². The topological polar surface area (TPSA) is 53.4 Å². The smallest absolute Gasteiger partial charge is 0.312 e. The Morgan fingerprint density at radius 3 is 2.89 bits per heavy atom. The summed E-state index contributed by atoms with van der Waals surface area (Å²) < 4.78 is 0. The van der Waals surface area contributed by atoms with Crippen molar-refractivity contribution in [2.75, 3.05) is 11.4 Å². The number of aryl methyl sites for hydroxylation is 1. The average molecular weight is 266 g/mol. The number of hydrogen-bond donors (Lipinski definition) is 1. The number of anilines is 1. The number of aromatic nitrogens is 1. The quantitative estimate of drug-likeness (QED) is 0.910. The third-order valence-corrected chi connectivity index (χ3v) is 4.98. The van der Waals surface area contributed by atoms with Crippen LogP contribution in [0.3, 0.4) is 0 Å². The summed E-state index contributed by atoms with van der Waals surface area (Å²) in [5, 5.41) is 10.3. The van der Waals surface area contributed by atoms with E-state index in [0.29, 0.717) is 6.04 Å². The molecule has 0 saturated heterocycles. The average Bonchev–Trinajstić information content (AvgIpc) is 3.08. The van der Waals surface area contributed by atoms with Gasteiger partial charge >= 0.3 is 5.97 Å². The lowest BCUT2D eigenvalue weighted by molar-refractivity contribution is -0.139. The highest BCUT2D eigenvalue weighted by Gasteiger charge is 2.34. The molecule has 1 aromatic rings. The van der Waals surface area contributed by atoms with Crippen LogP contribution < -0.4 is 4.90 Å². The van der Waals surface area contributed by atoms with Crippen molar-refractivity contribution in [1.29, 1.82) is 0 Å². The molecule has 3 rings (SSSR count). The molecule has 0 bridgehead atoms. The monoisotopic (exact) mass is 266 g/mol. The number of thiazole rings is 1. The number of carboxylic acids is 1. The van der Waals surface area contributed by atoms with Crippen LogP contribution >= 0.6 is 11.3 Å². The van der Waals surface area contributed by atoms with Crippen LogP contribution in [0.1, 0.15) is 49.1 Å². The van der Waals surface area contributed by atoms with Gasteiger partial charge in [-0.2, -0.15) is 0 Å². The second-order valence-corrected chi connectivity index (χ2v) is 6.17. The fourth-order valence-corrected chi connectivity index (χ4v) is 4.00. The molecular weight excluding hydrogens is 248 g/mol. The summed E-state index contributed by atoms with van der Waals surface area (Å²) in [6.45, 7) is 3.11. The Labute approximate surface area is 111 Å². The van der Waals surface area contributed by atoms with Gasteiger partial charge < -0.3 is 10.0 Å². The van der Waals surface area contributed by atoms with E-state index < -0.39 is 5.97 Å². The van der Waals surface area contributed by atoms with Gasteiger partial charge in [0.2, 0.25) is 0 Å². The molecule has 1 fully saturated rings. The molecule has 4 nitrogen and oxygen atoms in total. The SMILES string of the molecule is CCN(c1nc2c(s1)CCCC2C(=O)O)C1CC1. The molecule has 98 valence electrons. The first-order valence-electron chi connectivity index (χ1n) is 6.69. The summed E-state index contributed by atoms with van der Waals surface area (Å²) in [5.41, 5.74) is 0.841. The van der Waals surface area contributed by atoms with Gasteiger partial charge in [0, 0.05) is 17.5 Å². The van der Waals surface area contributed by atoms with E-state index in [1.807, 2.05) is 0 Å². The highest BCUT2D eigenvalue weighted by Crippen LogP contribution is 2.40. The van der Waals surface area contributed by atoms with Crippen molar-refractivity contribution in [2.45, 2.75) is 51.0 Å². The summed E-state index contributed by atoms with van der Waals surface area (Å²) in [6, 6.07) is 0.644. The van der Waals surface area contributed by atoms with Crippen LogP contribution in [-0.4, -0.2) is 28.6 Å². The summed E-state index contributed by atoms with van der Waals surface area (Å²) in [4.78, 5) is 19.4. The van der Waals surface area contributed by atoms with Gasteiger partial charge in [0.1, 0.15) is 5.92 Å². The van der Waals surface area contributed by atoms with E-state index in [4.69, 9.17) is 0 Å². The molecule has 18 heavy (non-hydrogen) atoms. The molecule has 2 aliphatic rings. The zero-order chi connectivity index (χ0) is 12.7. The molecule has 2 aliphatic carbocycles. The second kappa shape index (κ2) is 4.53. The van der Waals surface area contributed by atoms with Crippen molar-refractivity contribution in [3.63, 3.8) is 0 Å². The lowest BCUT2D eigenvalue weighted by atomic mass is 9.91. The van der Waals surface area contributed by atoms with Gasteiger partial charge in [-0.1, -0.05) is 0 Å². The maximum absolute atomic E-state index is 11.3. The normalized spacial score (nSPS) is 22.6. The molecule has 0 spiro atoms. The van der Waals surface area contributed by atoms with Crippen LogP contribution in [0.2, 0.25) is 0 Å². The number of carboxylic acid groups (broad SMARTS) is 1. The number of fused-ring (bicyclic) bond motifs is 1. The van der Waals surface area contributed by atoms with Crippen LogP contribution in [0.25, 0.3) is 0 Å². The van der Waals surface area contributed by atoms with Gasteiger partial charge in [0.05, 0.1) is 5.69 Å². The fraction of sp³-hybridized carbons (Fsp3) is 0.692. The van der Waals surface area contributed by atoms with E-state index in [-0.39, 0.29) is 5.92 Å². The Morgan fingerprint density at radius 1 is 1.50 bits per heavy atom. The largest absolute Gasteiger partial charge is 0.481 e. The zero-order valence-electron chi connectivity index (χ0n) is 10.6. The third-order valence-electron chi connectivity index (χ3n) is 3.82. The van der Waals surface area contributed by atoms with Gasteiger partial charge in [-0.05, 0) is 39.0 Å². The van der Waals surface area contributed by atoms with Crippen molar-refractivity contribution < 1.29 is 9.90 Å². The molecule has 5 heteroatoms. The molecule has 1 aromatic heterocycles. The Balaban J connectivity index is 1.92. The molecule has 1 unspecified atom stereocenters. The summed E-state index contributed by atoms with van der Waals surface area (Å²) in [7, 11) is 0. The van der Waals surface area contributed by atoms with Crippen molar-refractivity contribution in [3.05, 3.63) is 10.6 Å². The highest BCUT2D eigenvalue weighted by molar-refractivity contribution is 7.15. The van der Waals surface area contributed by atoms with Crippen LogP contribution in [0.5, 0.6) is 0 Å². The minimum absolute atomic E-state index is 0.378. The van der Waals surface area contributed by atoms with E-state index in [1.165, 1.54) is 17.7 Å². The van der Waals surface area contributed by atoms with Gasteiger partial charge in [0.15, 0.2) is 5.13 Å². The Hall–Kier alpha value is -1.10. The van der Waals surface area contributed by atoms with Crippen LogP contribution in [0, 0.1) is 0 Å². The van der Waals surface area contributed by atoms with Crippen molar-refractivity contribution >= 4 is 22.4 Å². The van der Waals surface area contributed by atoms with Crippen molar-refractivity contribution in [3.8, 4) is 0 Å². The summed E-state index contributed by atoms with van der Waals surface area (Å²) in [5.74, 6) is -1.10. The maximum atomic E-state index is 11.3. The molecule has 1 saturated carbocycles. The van der Waals surface area contributed by atoms with E-state index in [1.54, 1.807) is 11.3 Å². The minimum atomic E-state index is -0.720. The minimum Gasteiger partial charge on any atom is -0.481 e. The predicted molar refractivity (Wildman–Crippen MR) is 71.5 cm³/mol. The number of aliphatic carboxylic acids is 1. The molecule has 1 atom stereocenters. The third kappa shape index (κ3) is 2.00. The van der Waals surface area contributed by atoms with E-state index in [9.17, 15) is 9.90 Å². The molecular formula is C13H18N2O2S. The van der Waals surface area contributed by atoms with Gasteiger partial charge in [-0.3, -0.25) is 4.79 Å². The first-order valence-corrected chi connectivity index (χ1v) is 7.51. The summed E-state index contributed by atoms with van der Waals surface area (Å²) >= 11 is 1.71. The second-order valence-electron chi connectivity index (χ2n) is 5.11. The molecule has 0 aliphatic heterocycles. The van der Waals surface area contributed by atoms with Crippen LogP contribution in [-0.2, 0) is 11.2 Å². The molecule has 1 N–H and O–H groups in total. The summed E-state index contributed by atoms with van der Waals surface area (Å²) in [6.07, 6.45) is 5.21. The lowest BCUT2D eigenvalue weighted by Crippen LogP contribution is -2.25. The van der Waals surface area contributed by atoms with E-state index in [0.717, 1.165) is 36.6 Å². The fourth-order valence-electron chi connectivity index (χ4n) is 2.70. The van der Waals surface area contributed by atoms with E-state index in [2.05, 4.69) is 16.8 Å². The first kappa shape index (κ1) is 12.0. The Morgan fingerprint density at radius 2 is 2.28 bits per heavy atom. The number of carbonyl (C=O) groups is 1. The van der Waals surface area contributed by atoms with Crippen molar-refractivity contribution in [1.82, 2.24) is 4.98 Å². The van der Waals surface area contributed by atoms with Crippen LogP contribution in [0.15, 0.2) is 0 Å². The maximum Gasteiger partial charge on any atom is 0.312 e. The van der Waals surface area contributed by atoms with Gasteiger partial charge in [0.25, 0.3) is 0 Å². The lowest BCUT2D eigenvalue weighted by Gasteiger charge is -2.18. The molecule has 0 aromatic carbocycles. The Bertz CT molecular complexity index is 468. The Kier molecular flexibility index (Phi) is 3.01. The molecule has 1 heterocycles. The van der Waals surface area contributed by atoms with Gasteiger partial charge in [-0.25, -0.2) is 4.98 Å². The standard InChI is InChI=1S/C13H18N2O2S/c1-2-15(8-6-7-8)13-14-11-9(12(16)17)4-3-5-10(11)18-13/h8-9H,2-7H2,1H3,(H,16,17). The zero-order valence-corrected chi connectivity index (χ0v) is 11.4. The predicted octanol–water partition coefficient (Wildman–Crippen LogP) is 2.64. The number of rotatable bonds is 4. The van der Waals surface area contributed by atoms with Crippen molar-refractivity contribution in [2.24, 2.45) is 0 Å². The van der Waals surface area contributed by atoms with Crippen LogP contribution in [0.4, 0.5) is 5.13 Å².